The number of hydrogen-bond donors (Lipinski definition) is 2. The summed E-state index contributed by atoms with van der Waals surface area (Å²) in [6.45, 7) is 6.84. The fourth-order valence-corrected chi connectivity index (χ4v) is 1.21. The van der Waals surface area contributed by atoms with Gasteiger partial charge in [-0.2, -0.15) is 0 Å². The molecule has 0 aliphatic rings. The fourth-order valence-electron chi connectivity index (χ4n) is 1.21. The van der Waals surface area contributed by atoms with Gasteiger partial charge in [-0.15, -0.1) is 0 Å². The maximum Gasteiger partial charge on any atom is 0.0520 e. The quantitative estimate of drug-likeness (QED) is 0.493. The average Bonchev–Trinajstić information content (AvgIpc) is 1.83. The van der Waals surface area contributed by atoms with Gasteiger partial charge >= 0.3 is 0 Å². The van der Waals surface area contributed by atoms with E-state index in [-0.39, 0.29) is 6.17 Å². The molecule has 0 bridgehead atoms. The molecule has 0 atom stereocenters. The maximum absolute atomic E-state index is 5.44. The lowest BCUT2D eigenvalue weighted by atomic mass is 9.89. The van der Waals surface area contributed by atoms with E-state index in [0.717, 1.165) is 6.42 Å². The highest BCUT2D eigenvalue weighted by atomic mass is 14.8. The lowest BCUT2D eigenvalue weighted by Crippen LogP contribution is -2.29. The van der Waals surface area contributed by atoms with Gasteiger partial charge in [0.1, 0.15) is 0 Å². The Kier molecular flexibility index (Phi) is 5.51. The van der Waals surface area contributed by atoms with E-state index >= 15 is 0 Å². The van der Waals surface area contributed by atoms with Gasteiger partial charge in [0.05, 0.1) is 6.17 Å². The standard InChI is InChI=1S/C10H24N2/c1-10(2,3)8-6-4-5-7-9(11)12/h9H,4-8,11-12H2,1-3H3. The van der Waals surface area contributed by atoms with E-state index in [4.69, 9.17) is 11.5 Å². The molecule has 0 fully saturated rings. The first-order valence-corrected chi connectivity index (χ1v) is 4.93. The third-order valence-electron chi connectivity index (χ3n) is 1.96. The Morgan fingerprint density at radius 3 is 2.00 bits per heavy atom. The third-order valence-corrected chi connectivity index (χ3v) is 1.96. The lowest BCUT2D eigenvalue weighted by Gasteiger charge is -2.17. The molecule has 0 radical (unpaired) electrons. The van der Waals surface area contributed by atoms with Gasteiger partial charge in [0.15, 0.2) is 0 Å². The van der Waals surface area contributed by atoms with Crippen LogP contribution in [0.5, 0.6) is 0 Å². The van der Waals surface area contributed by atoms with Crippen molar-refractivity contribution in [2.45, 2.75) is 59.0 Å². The van der Waals surface area contributed by atoms with Crippen LogP contribution in [0.25, 0.3) is 0 Å². The predicted molar refractivity (Wildman–Crippen MR) is 54.7 cm³/mol. The molecule has 0 spiro atoms. The smallest absolute Gasteiger partial charge is 0.0520 e. The van der Waals surface area contributed by atoms with Gasteiger partial charge in [0, 0.05) is 0 Å². The van der Waals surface area contributed by atoms with Crippen LogP contribution in [0.1, 0.15) is 52.9 Å². The summed E-state index contributed by atoms with van der Waals surface area (Å²) in [4.78, 5) is 0. The number of rotatable bonds is 5. The highest BCUT2D eigenvalue weighted by Crippen LogP contribution is 2.22. The Morgan fingerprint density at radius 2 is 1.58 bits per heavy atom. The van der Waals surface area contributed by atoms with Crippen molar-refractivity contribution in [3.05, 3.63) is 0 Å². The zero-order valence-corrected chi connectivity index (χ0v) is 8.77. The molecule has 74 valence electrons. The number of hydrogen-bond acceptors (Lipinski definition) is 2. The number of unbranched alkanes of at least 4 members (excludes halogenated alkanes) is 2. The number of nitrogens with two attached hydrogens (primary N) is 2. The Bertz CT molecular complexity index is 103. The Labute approximate surface area is 76.7 Å². The lowest BCUT2D eigenvalue weighted by molar-refractivity contribution is 0.355. The summed E-state index contributed by atoms with van der Waals surface area (Å²) in [6.07, 6.45) is 5.89. The molecule has 4 N–H and O–H groups in total. The normalized spacial score (nSPS) is 12.5. The first kappa shape index (κ1) is 11.9. The van der Waals surface area contributed by atoms with E-state index in [1.54, 1.807) is 0 Å². The summed E-state index contributed by atoms with van der Waals surface area (Å²) in [5, 5.41) is 0. The van der Waals surface area contributed by atoms with E-state index in [9.17, 15) is 0 Å². The minimum atomic E-state index is -0.111. The van der Waals surface area contributed by atoms with Crippen LogP contribution in [0, 0.1) is 5.41 Å². The van der Waals surface area contributed by atoms with Crippen molar-refractivity contribution < 1.29 is 0 Å². The van der Waals surface area contributed by atoms with Gasteiger partial charge in [-0.25, -0.2) is 0 Å². The molecule has 0 aromatic rings. The molecule has 0 unspecified atom stereocenters. The third kappa shape index (κ3) is 9.92. The molecule has 0 amide bonds. The highest BCUT2D eigenvalue weighted by Gasteiger charge is 2.08. The molecule has 0 saturated heterocycles. The Hall–Kier alpha value is -0.0800. The average molecular weight is 172 g/mol. The van der Waals surface area contributed by atoms with Gasteiger partial charge in [-0.3, -0.25) is 0 Å². The molecule has 0 heterocycles. The molecule has 0 aliphatic heterocycles. The molecular formula is C10H24N2. The van der Waals surface area contributed by atoms with Gasteiger partial charge in [-0.1, -0.05) is 40.0 Å². The SMILES string of the molecule is CC(C)(C)CCCCCC(N)N. The van der Waals surface area contributed by atoms with Crippen LogP contribution in [0.3, 0.4) is 0 Å². The van der Waals surface area contributed by atoms with Crippen LogP contribution >= 0.6 is 0 Å². The monoisotopic (exact) mass is 172 g/mol. The minimum absolute atomic E-state index is 0.111. The van der Waals surface area contributed by atoms with Crippen molar-refractivity contribution in [1.82, 2.24) is 0 Å². The second-order valence-electron chi connectivity index (χ2n) is 4.82. The summed E-state index contributed by atoms with van der Waals surface area (Å²) in [5.41, 5.74) is 11.4. The van der Waals surface area contributed by atoms with Crippen molar-refractivity contribution in [2.24, 2.45) is 16.9 Å². The van der Waals surface area contributed by atoms with Gasteiger partial charge < -0.3 is 11.5 Å². The zero-order chi connectivity index (χ0) is 9.61. The Balaban J connectivity index is 3.12. The summed E-state index contributed by atoms with van der Waals surface area (Å²) >= 11 is 0. The van der Waals surface area contributed by atoms with Gasteiger partial charge in [0.25, 0.3) is 0 Å². The van der Waals surface area contributed by atoms with E-state index in [0.29, 0.717) is 5.41 Å². The topological polar surface area (TPSA) is 52.0 Å². The summed E-state index contributed by atoms with van der Waals surface area (Å²) in [7, 11) is 0. The molecular weight excluding hydrogens is 148 g/mol. The summed E-state index contributed by atoms with van der Waals surface area (Å²) in [6, 6.07) is 0. The van der Waals surface area contributed by atoms with Crippen molar-refractivity contribution in [2.75, 3.05) is 0 Å². The van der Waals surface area contributed by atoms with Crippen molar-refractivity contribution in [3.63, 3.8) is 0 Å². The highest BCUT2D eigenvalue weighted by molar-refractivity contribution is 4.61. The van der Waals surface area contributed by atoms with Crippen molar-refractivity contribution in [1.29, 1.82) is 0 Å². The molecule has 0 aromatic carbocycles. The van der Waals surface area contributed by atoms with Crippen LogP contribution in [-0.4, -0.2) is 6.17 Å². The molecule has 2 heteroatoms. The van der Waals surface area contributed by atoms with Gasteiger partial charge in [-0.05, 0) is 18.3 Å². The molecule has 0 aromatic heterocycles. The molecule has 2 nitrogen and oxygen atoms in total. The van der Waals surface area contributed by atoms with Gasteiger partial charge in [0.2, 0.25) is 0 Å². The first-order valence-electron chi connectivity index (χ1n) is 4.93. The van der Waals surface area contributed by atoms with Crippen LogP contribution in [0.2, 0.25) is 0 Å². The maximum atomic E-state index is 5.44. The van der Waals surface area contributed by atoms with Crippen LogP contribution in [-0.2, 0) is 0 Å². The van der Waals surface area contributed by atoms with E-state index < -0.39 is 0 Å². The molecule has 0 aliphatic carbocycles. The second kappa shape index (κ2) is 5.55. The second-order valence-corrected chi connectivity index (χ2v) is 4.82. The zero-order valence-electron chi connectivity index (χ0n) is 8.77. The largest absolute Gasteiger partial charge is 0.316 e. The fraction of sp³-hybridized carbons (Fsp3) is 1.00. The summed E-state index contributed by atoms with van der Waals surface area (Å²) < 4.78 is 0. The van der Waals surface area contributed by atoms with E-state index in [1.807, 2.05) is 0 Å². The van der Waals surface area contributed by atoms with Crippen LogP contribution < -0.4 is 11.5 Å². The van der Waals surface area contributed by atoms with E-state index in [2.05, 4.69) is 20.8 Å². The predicted octanol–water partition coefficient (Wildman–Crippen LogP) is 2.23. The van der Waals surface area contributed by atoms with E-state index in [1.165, 1.54) is 25.7 Å². The molecule has 0 rings (SSSR count). The first-order chi connectivity index (χ1) is 5.42. The molecule has 0 saturated carbocycles. The van der Waals surface area contributed by atoms with Crippen LogP contribution in [0.4, 0.5) is 0 Å². The Morgan fingerprint density at radius 1 is 1.00 bits per heavy atom. The summed E-state index contributed by atoms with van der Waals surface area (Å²) in [5.74, 6) is 0. The minimum Gasteiger partial charge on any atom is -0.316 e. The van der Waals surface area contributed by atoms with Crippen LogP contribution in [0.15, 0.2) is 0 Å². The van der Waals surface area contributed by atoms with Crippen molar-refractivity contribution in [3.8, 4) is 0 Å². The van der Waals surface area contributed by atoms with Crippen molar-refractivity contribution >= 4 is 0 Å². The molecule has 12 heavy (non-hydrogen) atoms.